The molecule has 1 aliphatic heterocycles. The Morgan fingerprint density at radius 3 is 2.25 bits per heavy atom. The number of imide groups is 1. The van der Waals surface area contributed by atoms with Crippen molar-refractivity contribution in [3.63, 3.8) is 0 Å². The lowest BCUT2D eigenvalue weighted by Gasteiger charge is -2.20. The average molecular weight is 435 g/mol. The average Bonchev–Trinajstić information content (AvgIpc) is 2.92. The second-order valence-electron chi connectivity index (χ2n) is 6.21. The Morgan fingerprint density at radius 1 is 1.07 bits per heavy atom. The standard InChI is InChI=1S/C20H16Cl2N2O3S/c1-12(10-18(25)23-16-8-6-15(22)7-9-16)24-19(26)17(28-20(24)27)11-13-2-4-14(21)5-3-13/h2-9,11-12H,10H2,1H3,(H,23,25). The van der Waals surface area contributed by atoms with Crippen LogP contribution < -0.4 is 5.32 Å². The van der Waals surface area contributed by atoms with E-state index in [0.29, 0.717) is 20.6 Å². The monoisotopic (exact) mass is 434 g/mol. The number of halogens is 2. The van der Waals surface area contributed by atoms with Crippen LogP contribution in [0.5, 0.6) is 0 Å². The van der Waals surface area contributed by atoms with Crippen LogP contribution in [0.2, 0.25) is 10.0 Å². The lowest BCUT2D eigenvalue weighted by atomic mass is 10.1. The van der Waals surface area contributed by atoms with Gasteiger partial charge in [-0.3, -0.25) is 19.3 Å². The highest BCUT2D eigenvalue weighted by molar-refractivity contribution is 8.18. The first kappa shape index (κ1) is 20.5. The fourth-order valence-corrected chi connectivity index (χ4v) is 3.86. The molecule has 1 unspecified atom stereocenters. The topological polar surface area (TPSA) is 66.5 Å². The zero-order valence-electron chi connectivity index (χ0n) is 14.8. The fraction of sp³-hybridized carbons (Fsp3) is 0.150. The van der Waals surface area contributed by atoms with Crippen LogP contribution in [0, 0.1) is 0 Å². The molecule has 0 spiro atoms. The molecule has 0 saturated carbocycles. The van der Waals surface area contributed by atoms with E-state index in [-0.39, 0.29) is 12.3 Å². The summed E-state index contributed by atoms with van der Waals surface area (Å²) in [6.45, 7) is 1.67. The molecule has 144 valence electrons. The Hall–Kier alpha value is -2.28. The van der Waals surface area contributed by atoms with Gasteiger partial charge in [0, 0.05) is 28.2 Å². The van der Waals surface area contributed by atoms with E-state index in [1.54, 1.807) is 61.5 Å². The number of nitrogens with zero attached hydrogens (tertiary/aromatic N) is 1. The number of nitrogens with one attached hydrogen (secondary N) is 1. The number of amides is 3. The van der Waals surface area contributed by atoms with Crippen LogP contribution in [-0.4, -0.2) is 28.0 Å². The first-order valence-electron chi connectivity index (χ1n) is 8.41. The molecule has 1 aliphatic rings. The van der Waals surface area contributed by atoms with E-state index in [2.05, 4.69) is 5.32 Å². The molecule has 1 atom stereocenters. The molecular formula is C20H16Cl2N2O3S. The molecule has 0 aromatic heterocycles. The molecule has 1 N–H and O–H groups in total. The van der Waals surface area contributed by atoms with Crippen LogP contribution in [0.3, 0.4) is 0 Å². The van der Waals surface area contributed by atoms with E-state index >= 15 is 0 Å². The first-order chi connectivity index (χ1) is 13.3. The Labute approximate surface area is 176 Å². The molecule has 3 amide bonds. The lowest BCUT2D eigenvalue weighted by molar-refractivity contribution is -0.125. The van der Waals surface area contributed by atoms with Gasteiger partial charge in [0.2, 0.25) is 5.91 Å². The Morgan fingerprint density at radius 2 is 1.64 bits per heavy atom. The van der Waals surface area contributed by atoms with Gasteiger partial charge in [-0.25, -0.2) is 0 Å². The van der Waals surface area contributed by atoms with E-state index in [4.69, 9.17) is 23.2 Å². The Kier molecular flexibility index (Phi) is 6.44. The van der Waals surface area contributed by atoms with Gasteiger partial charge in [0.25, 0.3) is 11.1 Å². The summed E-state index contributed by atoms with van der Waals surface area (Å²) in [5.74, 6) is -0.702. The number of hydrogen-bond acceptors (Lipinski definition) is 4. The molecular weight excluding hydrogens is 419 g/mol. The van der Waals surface area contributed by atoms with Gasteiger partial charge >= 0.3 is 0 Å². The molecule has 8 heteroatoms. The van der Waals surface area contributed by atoms with Gasteiger partial charge in [-0.05, 0) is 66.7 Å². The van der Waals surface area contributed by atoms with Crippen molar-refractivity contribution in [2.24, 2.45) is 0 Å². The minimum atomic E-state index is -0.573. The highest BCUT2D eigenvalue weighted by Gasteiger charge is 2.38. The third-order valence-corrected chi connectivity index (χ3v) is 5.43. The Balaban J connectivity index is 1.66. The summed E-state index contributed by atoms with van der Waals surface area (Å²) >= 11 is 12.5. The van der Waals surface area contributed by atoms with Crippen LogP contribution in [-0.2, 0) is 9.59 Å². The van der Waals surface area contributed by atoms with Crippen LogP contribution in [0.15, 0.2) is 53.4 Å². The maximum Gasteiger partial charge on any atom is 0.293 e. The van der Waals surface area contributed by atoms with Crippen molar-refractivity contribution in [1.82, 2.24) is 4.90 Å². The number of hydrogen-bond donors (Lipinski definition) is 1. The van der Waals surface area contributed by atoms with E-state index in [9.17, 15) is 14.4 Å². The van der Waals surface area contributed by atoms with Gasteiger partial charge < -0.3 is 5.32 Å². The summed E-state index contributed by atoms with van der Waals surface area (Å²) < 4.78 is 0. The Bertz CT molecular complexity index is 943. The highest BCUT2D eigenvalue weighted by atomic mass is 35.5. The molecule has 1 saturated heterocycles. The summed E-state index contributed by atoms with van der Waals surface area (Å²) in [7, 11) is 0. The summed E-state index contributed by atoms with van der Waals surface area (Å²) in [5.41, 5.74) is 1.36. The molecule has 1 fully saturated rings. The van der Waals surface area contributed by atoms with Crippen molar-refractivity contribution >= 4 is 63.8 Å². The number of carbonyl (C=O) groups is 3. The van der Waals surface area contributed by atoms with E-state index < -0.39 is 17.2 Å². The molecule has 0 aliphatic carbocycles. The van der Waals surface area contributed by atoms with Crippen LogP contribution in [0.4, 0.5) is 10.5 Å². The van der Waals surface area contributed by atoms with Gasteiger partial charge in [-0.2, -0.15) is 0 Å². The van der Waals surface area contributed by atoms with Crippen molar-refractivity contribution < 1.29 is 14.4 Å². The maximum atomic E-state index is 12.6. The lowest BCUT2D eigenvalue weighted by Crippen LogP contribution is -2.39. The molecule has 2 aromatic rings. The normalized spacial score (nSPS) is 16.5. The third kappa shape index (κ3) is 4.95. The van der Waals surface area contributed by atoms with Crippen molar-refractivity contribution in [2.45, 2.75) is 19.4 Å². The van der Waals surface area contributed by atoms with Crippen LogP contribution >= 0.6 is 35.0 Å². The fourth-order valence-electron chi connectivity index (χ4n) is 2.68. The predicted octanol–water partition coefficient (Wildman–Crippen LogP) is 5.45. The first-order valence-corrected chi connectivity index (χ1v) is 9.99. The number of anilines is 1. The van der Waals surface area contributed by atoms with Crippen molar-refractivity contribution in [1.29, 1.82) is 0 Å². The number of thioether (sulfide) groups is 1. The van der Waals surface area contributed by atoms with Gasteiger partial charge in [0.15, 0.2) is 0 Å². The number of carbonyl (C=O) groups excluding carboxylic acids is 3. The van der Waals surface area contributed by atoms with E-state index in [1.165, 1.54) is 0 Å². The van der Waals surface area contributed by atoms with E-state index in [1.807, 2.05) is 0 Å². The van der Waals surface area contributed by atoms with Crippen molar-refractivity contribution in [3.8, 4) is 0 Å². The summed E-state index contributed by atoms with van der Waals surface area (Å²) in [6, 6.07) is 13.1. The van der Waals surface area contributed by atoms with Crippen LogP contribution in [0.1, 0.15) is 18.9 Å². The zero-order valence-corrected chi connectivity index (χ0v) is 17.1. The molecule has 28 heavy (non-hydrogen) atoms. The van der Waals surface area contributed by atoms with Crippen LogP contribution in [0.25, 0.3) is 6.08 Å². The third-order valence-electron chi connectivity index (χ3n) is 4.04. The van der Waals surface area contributed by atoms with Gasteiger partial charge in [-0.1, -0.05) is 35.3 Å². The highest BCUT2D eigenvalue weighted by Crippen LogP contribution is 2.34. The minimum Gasteiger partial charge on any atom is -0.326 e. The molecule has 0 bridgehead atoms. The van der Waals surface area contributed by atoms with Gasteiger partial charge in [0.05, 0.1) is 4.91 Å². The molecule has 2 aromatic carbocycles. The smallest absolute Gasteiger partial charge is 0.293 e. The summed E-state index contributed by atoms with van der Waals surface area (Å²) in [5, 5.41) is 3.49. The quantitative estimate of drug-likeness (QED) is 0.635. The zero-order chi connectivity index (χ0) is 20.3. The minimum absolute atomic E-state index is 0.00507. The molecule has 1 heterocycles. The number of rotatable bonds is 5. The van der Waals surface area contributed by atoms with Crippen molar-refractivity contribution in [2.75, 3.05) is 5.32 Å². The van der Waals surface area contributed by atoms with E-state index in [0.717, 1.165) is 22.2 Å². The van der Waals surface area contributed by atoms with Gasteiger partial charge in [-0.15, -0.1) is 0 Å². The van der Waals surface area contributed by atoms with Gasteiger partial charge in [0.1, 0.15) is 0 Å². The largest absolute Gasteiger partial charge is 0.326 e. The SMILES string of the molecule is CC(CC(=O)Nc1ccc(Cl)cc1)N1C(=O)SC(=Cc2ccc(Cl)cc2)C1=O. The molecule has 0 radical (unpaired) electrons. The predicted molar refractivity (Wildman–Crippen MR) is 113 cm³/mol. The second kappa shape index (κ2) is 8.82. The molecule has 3 rings (SSSR count). The van der Waals surface area contributed by atoms with Crippen molar-refractivity contribution in [3.05, 3.63) is 69.0 Å². The summed E-state index contributed by atoms with van der Waals surface area (Å²) in [4.78, 5) is 38.7. The second-order valence-corrected chi connectivity index (χ2v) is 8.08. The maximum absolute atomic E-state index is 12.6. The summed E-state index contributed by atoms with van der Waals surface area (Å²) in [6.07, 6.45) is 1.64. The number of benzene rings is 2. The molecule has 5 nitrogen and oxygen atoms in total.